The lowest BCUT2D eigenvalue weighted by molar-refractivity contribution is 0.185. The molecule has 2 amide bonds. The molecule has 0 aliphatic heterocycles. The third kappa shape index (κ3) is 4.61. The van der Waals surface area contributed by atoms with Gasteiger partial charge in [-0.05, 0) is 18.6 Å². The lowest BCUT2D eigenvalue weighted by Crippen LogP contribution is -2.28. The fourth-order valence-corrected chi connectivity index (χ4v) is 2.09. The number of urea groups is 1. The van der Waals surface area contributed by atoms with Gasteiger partial charge in [0.25, 0.3) is 0 Å². The normalized spacial score (nSPS) is 10.2. The summed E-state index contributed by atoms with van der Waals surface area (Å²) >= 11 is 0. The molecular formula is C17H20N2O2. The third-order valence-corrected chi connectivity index (χ3v) is 3.10. The zero-order valence-electron chi connectivity index (χ0n) is 12.3. The SMILES string of the molecule is COCc1ccccc1NC(=O)NCc1cccc(C)c1. The van der Waals surface area contributed by atoms with Gasteiger partial charge >= 0.3 is 6.03 Å². The van der Waals surface area contributed by atoms with Crippen molar-refractivity contribution in [3.8, 4) is 0 Å². The molecule has 0 aromatic heterocycles. The summed E-state index contributed by atoms with van der Waals surface area (Å²) < 4.78 is 5.12. The van der Waals surface area contributed by atoms with Crippen LogP contribution in [0.15, 0.2) is 48.5 Å². The number of carbonyl (C=O) groups is 1. The van der Waals surface area contributed by atoms with Gasteiger partial charge in [-0.15, -0.1) is 0 Å². The van der Waals surface area contributed by atoms with Gasteiger partial charge in [0.15, 0.2) is 0 Å². The van der Waals surface area contributed by atoms with E-state index in [4.69, 9.17) is 4.74 Å². The van der Waals surface area contributed by atoms with Crippen LogP contribution in [0.1, 0.15) is 16.7 Å². The highest BCUT2D eigenvalue weighted by Gasteiger charge is 2.06. The van der Waals surface area contributed by atoms with Crippen molar-refractivity contribution >= 4 is 11.7 Å². The van der Waals surface area contributed by atoms with Crippen LogP contribution in [0.2, 0.25) is 0 Å². The number of anilines is 1. The number of ether oxygens (including phenoxy) is 1. The van der Waals surface area contributed by atoms with Crippen molar-refractivity contribution in [3.63, 3.8) is 0 Å². The van der Waals surface area contributed by atoms with Gasteiger partial charge in [-0.25, -0.2) is 4.79 Å². The maximum absolute atomic E-state index is 12.0. The van der Waals surface area contributed by atoms with Crippen LogP contribution in [-0.2, 0) is 17.9 Å². The summed E-state index contributed by atoms with van der Waals surface area (Å²) in [4.78, 5) is 12.0. The fraction of sp³-hybridized carbons (Fsp3) is 0.235. The van der Waals surface area contributed by atoms with E-state index in [9.17, 15) is 4.79 Å². The molecule has 0 bridgehead atoms. The molecule has 0 saturated heterocycles. The first-order chi connectivity index (χ1) is 10.2. The van der Waals surface area contributed by atoms with Crippen molar-refractivity contribution < 1.29 is 9.53 Å². The second-order valence-corrected chi connectivity index (χ2v) is 4.89. The summed E-state index contributed by atoms with van der Waals surface area (Å²) in [6.07, 6.45) is 0. The van der Waals surface area contributed by atoms with Crippen LogP contribution < -0.4 is 10.6 Å². The van der Waals surface area contributed by atoms with Gasteiger partial charge in [-0.1, -0.05) is 48.0 Å². The number of hydrogen-bond donors (Lipinski definition) is 2. The number of benzene rings is 2. The molecule has 2 aromatic carbocycles. The van der Waals surface area contributed by atoms with Crippen molar-refractivity contribution in [2.45, 2.75) is 20.1 Å². The zero-order chi connectivity index (χ0) is 15.1. The lowest BCUT2D eigenvalue weighted by atomic mass is 10.1. The molecule has 4 heteroatoms. The molecule has 0 fully saturated rings. The molecule has 0 radical (unpaired) electrons. The summed E-state index contributed by atoms with van der Waals surface area (Å²) in [5.74, 6) is 0. The number of carbonyl (C=O) groups excluding carboxylic acids is 1. The monoisotopic (exact) mass is 284 g/mol. The van der Waals surface area contributed by atoms with Crippen molar-refractivity contribution in [2.24, 2.45) is 0 Å². The molecule has 2 N–H and O–H groups in total. The van der Waals surface area contributed by atoms with Gasteiger partial charge in [0.2, 0.25) is 0 Å². The third-order valence-electron chi connectivity index (χ3n) is 3.10. The molecule has 2 aromatic rings. The minimum absolute atomic E-state index is 0.222. The Morgan fingerprint density at radius 3 is 2.71 bits per heavy atom. The topological polar surface area (TPSA) is 50.4 Å². The second-order valence-electron chi connectivity index (χ2n) is 4.89. The smallest absolute Gasteiger partial charge is 0.319 e. The molecule has 0 spiro atoms. The van der Waals surface area contributed by atoms with Gasteiger partial charge < -0.3 is 15.4 Å². The maximum Gasteiger partial charge on any atom is 0.319 e. The Morgan fingerprint density at radius 1 is 1.14 bits per heavy atom. The molecule has 110 valence electrons. The summed E-state index contributed by atoms with van der Waals surface area (Å²) in [5, 5.41) is 5.70. The first-order valence-corrected chi connectivity index (χ1v) is 6.86. The van der Waals surface area contributed by atoms with Crippen LogP contribution in [0.4, 0.5) is 10.5 Å². The van der Waals surface area contributed by atoms with Gasteiger partial charge in [-0.2, -0.15) is 0 Å². The Kier molecular flexibility index (Phi) is 5.35. The number of aryl methyl sites for hydroxylation is 1. The van der Waals surface area contributed by atoms with Crippen LogP contribution in [0, 0.1) is 6.92 Å². The van der Waals surface area contributed by atoms with Crippen LogP contribution in [0.3, 0.4) is 0 Å². The molecule has 4 nitrogen and oxygen atoms in total. The van der Waals surface area contributed by atoms with E-state index in [2.05, 4.69) is 16.7 Å². The quantitative estimate of drug-likeness (QED) is 0.883. The maximum atomic E-state index is 12.0. The Hall–Kier alpha value is -2.33. The number of rotatable bonds is 5. The predicted octanol–water partition coefficient (Wildman–Crippen LogP) is 3.46. The number of nitrogens with one attached hydrogen (secondary N) is 2. The standard InChI is InChI=1S/C17H20N2O2/c1-13-6-5-7-14(10-13)11-18-17(20)19-16-9-4-3-8-15(16)12-21-2/h3-10H,11-12H2,1-2H3,(H2,18,19,20). The van der Waals surface area contributed by atoms with Gasteiger partial charge in [0.1, 0.15) is 0 Å². The average Bonchev–Trinajstić information content (AvgIpc) is 2.48. The summed E-state index contributed by atoms with van der Waals surface area (Å²) in [6.45, 7) is 3.00. The highest BCUT2D eigenvalue weighted by Crippen LogP contribution is 2.15. The van der Waals surface area contributed by atoms with Crippen molar-refractivity contribution in [2.75, 3.05) is 12.4 Å². The minimum Gasteiger partial charge on any atom is -0.380 e. The average molecular weight is 284 g/mol. The molecule has 0 aliphatic carbocycles. The zero-order valence-corrected chi connectivity index (χ0v) is 12.3. The van der Waals surface area contributed by atoms with E-state index in [1.165, 1.54) is 5.56 Å². The first kappa shape index (κ1) is 15.1. The van der Waals surface area contributed by atoms with E-state index in [0.717, 1.165) is 16.8 Å². The van der Waals surface area contributed by atoms with E-state index in [0.29, 0.717) is 13.2 Å². The van der Waals surface area contributed by atoms with Crippen LogP contribution in [0.5, 0.6) is 0 Å². The van der Waals surface area contributed by atoms with E-state index < -0.39 is 0 Å². The fourth-order valence-electron chi connectivity index (χ4n) is 2.09. The van der Waals surface area contributed by atoms with Crippen LogP contribution >= 0.6 is 0 Å². The van der Waals surface area contributed by atoms with Gasteiger partial charge in [-0.3, -0.25) is 0 Å². The van der Waals surface area contributed by atoms with Crippen molar-refractivity contribution in [3.05, 3.63) is 65.2 Å². The van der Waals surface area contributed by atoms with Crippen LogP contribution in [0.25, 0.3) is 0 Å². The first-order valence-electron chi connectivity index (χ1n) is 6.86. The second kappa shape index (κ2) is 7.45. The lowest BCUT2D eigenvalue weighted by Gasteiger charge is -2.11. The molecule has 0 heterocycles. The molecule has 2 rings (SSSR count). The highest BCUT2D eigenvalue weighted by atomic mass is 16.5. The molecule has 21 heavy (non-hydrogen) atoms. The summed E-state index contributed by atoms with van der Waals surface area (Å²) in [6, 6.07) is 15.4. The minimum atomic E-state index is -0.222. The molecule has 0 atom stereocenters. The highest BCUT2D eigenvalue weighted by molar-refractivity contribution is 5.90. The predicted molar refractivity (Wildman–Crippen MR) is 84.2 cm³/mol. The Bertz CT molecular complexity index is 611. The summed E-state index contributed by atoms with van der Waals surface area (Å²) in [7, 11) is 1.63. The van der Waals surface area contributed by atoms with E-state index >= 15 is 0 Å². The van der Waals surface area contributed by atoms with Crippen molar-refractivity contribution in [1.29, 1.82) is 0 Å². The van der Waals surface area contributed by atoms with Gasteiger partial charge in [0, 0.05) is 24.9 Å². The Labute approximate surface area is 125 Å². The number of amides is 2. The van der Waals surface area contributed by atoms with Crippen LogP contribution in [-0.4, -0.2) is 13.1 Å². The van der Waals surface area contributed by atoms with Crippen molar-refractivity contribution in [1.82, 2.24) is 5.32 Å². The Morgan fingerprint density at radius 2 is 1.95 bits per heavy atom. The molecule has 0 saturated carbocycles. The molecule has 0 unspecified atom stereocenters. The summed E-state index contributed by atoms with van der Waals surface area (Å²) in [5.41, 5.74) is 3.97. The van der Waals surface area contributed by atoms with E-state index in [1.54, 1.807) is 7.11 Å². The largest absolute Gasteiger partial charge is 0.380 e. The van der Waals surface area contributed by atoms with Gasteiger partial charge in [0.05, 0.1) is 6.61 Å². The Balaban J connectivity index is 1.93. The number of hydrogen-bond acceptors (Lipinski definition) is 2. The number of methoxy groups -OCH3 is 1. The van der Waals surface area contributed by atoms with E-state index in [-0.39, 0.29) is 6.03 Å². The molecule has 0 aliphatic rings. The molecular weight excluding hydrogens is 264 g/mol. The number of para-hydroxylation sites is 1. The van der Waals surface area contributed by atoms with E-state index in [1.807, 2.05) is 49.4 Å².